The van der Waals surface area contributed by atoms with Crippen LogP contribution < -0.4 is 29.8 Å². The number of aromatic hydroxyl groups is 3. The Kier molecular flexibility index (Phi) is 44.5. The minimum Gasteiger partial charge on any atom is -1.00 e. The number of halogens is 5. The topological polar surface area (TPSA) is 213 Å². The molecule has 0 bridgehead atoms. The summed E-state index contributed by atoms with van der Waals surface area (Å²) in [7, 11) is 8.75. The lowest BCUT2D eigenvalue weighted by atomic mass is 10.1. The predicted molar refractivity (Wildman–Crippen MR) is 231 cm³/mol. The molecule has 1 amide bonds. The maximum atomic E-state index is 11.1. The highest BCUT2D eigenvalue weighted by molar-refractivity contribution is 6.97. The SMILES string of the molecule is C.CN(C)C=O.C[N+](C)=CCl.C[NH+]=COC(=O)/C=C/c1ccc(C)c(O)c1.Cc1ccc(/C=C/C(=O)O)cc1O.Cc1ccc(/C=C/C=O)cc1O.O=C(Cl)C(=O)Cl.[Cl-].[Cl-]. The zero-order valence-corrected chi connectivity index (χ0v) is 37.2. The minimum absolute atomic E-state index is 0. The number of carboxylic acid groups (broad SMARTS) is 1. The Morgan fingerprint density at radius 1 is 0.717 bits per heavy atom. The number of amides is 1. The number of nitrogens with zero attached hydrogens (tertiary/aromatic N) is 2. The molecule has 0 aromatic heterocycles. The molecule has 3 aromatic rings. The number of phenols is 3. The number of carbonyl (C=O) groups excluding carboxylic acids is 5. The molecule has 3 rings (SSSR count). The number of carbonyl (C=O) groups is 6. The van der Waals surface area contributed by atoms with Gasteiger partial charge in [-0.1, -0.05) is 49.9 Å². The van der Waals surface area contributed by atoms with Crippen molar-refractivity contribution >= 4 is 100 Å². The lowest BCUT2D eigenvalue weighted by Gasteiger charge is -1.98. The van der Waals surface area contributed by atoms with E-state index in [4.69, 9.17) is 16.7 Å². The first-order chi connectivity index (χ1) is 26.6. The summed E-state index contributed by atoms with van der Waals surface area (Å²) >= 11 is 14.1. The number of hydrogen-bond acceptors (Lipinski definition) is 10. The zero-order valence-electron chi connectivity index (χ0n) is 33.4. The molecule has 60 heavy (non-hydrogen) atoms. The molecule has 0 aliphatic rings. The maximum Gasteiger partial charge on any atom is 0.339 e. The number of esters is 1. The van der Waals surface area contributed by atoms with E-state index >= 15 is 0 Å². The Morgan fingerprint density at radius 2 is 1.05 bits per heavy atom. The summed E-state index contributed by atoms with van der Waals surface area (Å²) in [5.74, 6) is -0.845. The number of aliphatic carboxylic acids is 1. The summed E-state index contributed by atoms with van der Waals surface area (Å²) in [5, 5.41) is 34.1. The number of benzene rings is 3. The van der Waals surface area contributed by atoms with Gasteiger partial charge in [-0.15, -0.1) is 0 Å². The van der Waals surface area contributed by atoms with Crippen molar-refractivity contribution in [1.29, 1.82) is 0 Å². The van der Waals surface area contributed by atoms with Crippen LogP contribution in [0.4, 0.5) is 0 Å². The molecule has 0 spiro atoms. The van der Waals surface area contributed by atoms with E-state index < -0.39 is 22.4 Å². The maximum absolute atomic E-state index is 11.1. The number of rotatable bonds is 9. The zero-order chi connectivity index (χ0) is 44.5. The lowest BCUT2D eigenvalue weighted by Crippen LogP contribution is -3.00. The second-order valence-corrected chi connectivity index (χ2v) is 12.0. The number of ether oxygens (including phenoxy) is 1. The smallest absolute Gasteiger partial charge is 0.339 e. The Balaban J connectivity index is -0.000000152. The molecule has 14 nitrogen and oxygen atoms in total. The standard InChI is InChI=1S/C12H13NO3.C10H10O3.C10H10O2.C3H7ClN.C3H7NO.C2Cl2O2.CH4.2ClH/c1-9-3-4-10(7-11(9)14)5-6-12(15)16-8-13-2;1-7-2-3-8(6-9(7)11)4-5-10(12)13;1-8-4-5-9(3-2-6-11)7-10(8)12;1-5(2)3-4;1-4(2)3-5;3-1(5)2(4)6;;;/h3-8,14H,1-2H3;2-6,11H,1H3,(H,12,13);2-7,12H,1H3;2*3H,1-2H3;;1H4;2*1H/q;;;+1;;;;;/p-1/b6-5+,13-8?;5-4+;3-2+;;;;;;. The first-order valence-corrected chi connectivity index (χ1v) is 17.2. The molecule has 332 valence electrons. The largest absolute Gasteiger partial charge is 1.00 e. The van der Waals surface area contributed by atoms with Gasteiger partial charge in [-0.25, -0.2) is 19.2 Å². The van der Waals surface area contributed by atoms with Crippen molar-refractivity contribution in [3.05, 3.63) is 106 Å². The molecule has 0 unspecified atom stereocenters. The molecule has 0 radical (unpaired) electrons. The van der Waals surface area contributed by atoms with Crippen LogP contribution in [0.2, 0.25) is 0 Å². The highest BCUT2D eigenvalue weighted by Crippen LogP contribution is 2.19. The van der Waals surface area contributed by atoms with Gasteiger partial charge in [-0.05, 0) is 125 Å². The van der Waals surface area contributed by atoms with E-state index in [0.29, 0.717) is 11.8 Å². The summed E-state index contributed by atoms with van der Waals surface area (Å²) in [4.78, 5) is 63.5. The molecule has 3 aromatic carbocycles. The van der Waals surface area contributed by atoms with Gasteiger partial charge in [0.15, 0.2) is 0 Å². The van der Waals surface area contributed by atoms with Crippen molar-refractivity contribution in [2.75, 3.05) is 35.2 Å². The van der Waals surface area contributed by atoms with E-state index in [1.165, 1.54) is 41.3 Å². The molecule has 19 heteroatoms. The number of aryl methyl sites for hydroxylation is 3. The van der Waals surface area contributed by atoms with Crippen LogP contribution in [0.25, 0.3) is 18.2 Å². The third-order valence-corrected chi connectivity index (χ3v) is 6.58. The Bertz CT molecular complexity index is 1900. The average Bonchev–Trinajstić information content (AvgIpc) is 3.16. The Hall–Kier alpha value is -5.51. The van der Waals surface area contributed by atoms with E-state index in [0.717, 1.165) is 40.3 Å². The number of allylic oxidation sites excluding steroid dienone is 1. The van der Waals surface area contributed by atoms with E-state index in [1.807, 2.05) is 27.1 Å². The molecule has 0 aliphatic carbocycles. The molecule has 0 saturated heterocycles. The summed E-state index contributed by atoms with van der Waals surface area (Å²) in [6.45, 7) is 5.40. The molecule has 5 N–H and O–H groups in total. The Morgan fingerprint density at radius 3 is 1.30 bits per heavy atom. The molecule has 0 atom stereocenters. The van der Waals surface area contributed by atoms with Gasteiger partial charge in [0.05, 0.1) is 0 Å². The molecule has 0 fully saturated rings. The van der Waals surface area contributed by atoms with Crippen molar-refractivity contribution in [1.82, 2.24) is 4.90 Å². The van der Waals surface area contributed by atoms with Gasteiger partial charge in [-0.2, -0.15) is 0 Å². The normalized spacial score (nSPS) is 9.25. The Labute approximate surface area is 378 Å². The first-order valence-electron chi connectivity index (χ1n) is 16.1. The second-order valence-electron chi connectivity index (χ2n) is 11.2. The molecular formula is C41H52Cl5N3O11. The molecule has 0 aliphatic heterocycles. The van der Waals surface area contributed by atoms with E-state index in [2.05, 4.69) is 32.9 Å². The monoisotopic (exact) mass is 937 g/mol. The van der Waals surface area contributed by atoms with Crippen LogP contribution in [-0.2, 0) is 33.5 Å². The lowest BCUT2D eigenvalue weighted by molar-refractivity contribution is -0.457. The first kappa shape index (κ1) is 66.3. The van der Waals surface area contributed by atoms with Crippen molar-refractivity contribution in [3.8, 4) is 17.2 Å². The van der Waals surface area contributed by atoms with Gasteiger partial charge in [-0.3, -0.25) is 19.2 Å². The summed E-state index contributed by atoms with van der Waals surface area (Å²) in [5.41, 5.74) is 6.11. The second kappa shape index (κ2) is 40.3. The predicted octanol–water partition coefficient (Wildman–Crippen LogP) is -0.902. The fourth-order valence-corrected chi connectivity index (χ4v) is 2.83. The summed E-state index contributed by atoms with van der Waals surface area (Å²) < 4.78 is 6.41. The van der Waals surface area contributed by atoms with Gasteiger partial charge < -0.3 is 54.9 Å². The third kappa shape index (κ3) is 39.3. The van der Waals surface area contributed by atoms with Gasteiger partial charge in [0.25, 0.3) is 0 Å². The number of aldehydes is 1. The van der Waals surface area contributed by atoms with Crippen LogP contribution in [0.1, 0.15) is 40.8 Å². The number of carboxylic acids is 1. The van der Waals surface area contributed by atoms with Gasteiger partial charge in [0.1, 0.15) is 44.7 Å². The number of phenolic OH excluding ortho intramolecular Hbond substituents is 3. The van der Waals surface area contributed by atoms with E-state index in [9.17, 15) is 44.1 Å². The fraction of sp³-hybridized carbons (Fsp3) is 0.220. The van der Waals surface area contributed by atoms with Crippen molar-refractivity contribution in [2.24, 2.45) is 0 Å². The number of nitrogens with one attached hydrogen (secondary N) is 1. The summed E-state index contributed by atoms with van der Waals surface area (Å²) in [6.07, 6.45) is 11.0. The molecular weight excluding hydrogens is 888 g/mol. The average molecular weight is 940 g/mol. The van der Waals surface area contributed by atoms with E-state index in [-0.39, 0.29) is 49.5 Å². The van der Waals surface area contributed by atoms with Crippen molar-refractivity contribution in [2.45, 2.75) is 28.2 Å². The van der Waals surface area contributed by atoms with Crippen LogP contribution >= 0.6 is 34.8 Å². The van der Waals surface area contributed by atoms with Crippen LogP contribution in [0.5, 0.6) is 17.2 Å². The molecule has 0 saturated carbocycles. The van der Waals surface area contributed by atoms with Crippen molar-refractivity contribution in [3.63, 3.8) is 0 Å². The highest BCUT2D eigenvalue weighted by Gasteiger charge is 2.02. The van der Waals surface area contributed by atoms with E-state index in [1.54, 1.807) is 94.2 Å². The third-order valence-electron chi connectivity index (χ3n) is 5.75. The molecule has 0 heterocycles. The minimum atomic E-state index is -1.14. The van der Waals surface area contributed by atoms with Crippen LogP contribution in [0.3, 0.4) is 0 Å². The highest BCUT2D eigenvalue weighted by atomic mass is 35.5. The van der Waals surface area contributed by atoms with Crippen molar-refractivity contribution < 1.29 is 88.3 Å². The van der Waals surface area contributed by atoms with Gasteiger partial charge >= 0.3 is 28.8 Å². The van der Waals surface area contributed by atoms with Gasteiger partial charge in [0, 0.05) is 26.2 Å². The van der Waals surface area contributed by atoms with Crippen LogP contribution in [0, 0.1) is 20.8 Å². The fourth-order valence-electron chi connectivity index (χ4n) is 2.83. The summed E-state index contributed by atoms with van der Waals surface area (Å²) in [6, 6.07) is 15.4. The quantitative estimate of drug-likeness (QED) is 0.0259. The van der Waals surface area contributed by atoms with Crippen LogP contribution in [0.15, 0.2) is 72.8 Å². The number of hydrogen-bond donors (Lipinski definition) is 5. The van der Waals surface area contributed by atoms with Gasteiger partial charge in [0.2, 0.25) is 12.1 Å². The van der Waals surface area contributed by atoms with Crippen LogP contribution in [-0.4, -0.2) is 112 Å².